The zero-order valence-corrected chi connectivity index (χ0v) is 17.8. The molecule has 1 amide bonds. The van der Waals surface area contributed by atoms with Gasteiger partial charge in [0, 0.05) is 23.4 Å². The molecule has 0 aliphatic rings. The van der Waals surface area contributed by atoms with Crippen molar-refractivity contribution in [3.8, 4) is 22.9 Å². The van der Waals surface area contributed by atoms with Gasteiger partial charge in [-0.2, -0.15) is 0 Å². The van der Waals surface area contributed by atoms with Gasteiger partial charge < -0.3 is 19.5 Å². The van der Waals surface area contributed by atoms with Crippen LogP contribution < -0.4 is 25.1 Å². The number of ether oxygens (including phenoxy) is 3. The number of aromatic nitrogens is 2. The Balaban J connectivity index is 1.70. The second kappa shape index (κ2) is 8.81. The van der Waals surface area contributed by atoms with Crippen LogP contribution in [0.4, 0.5) is 5.69 Å². The Morgan fingerprint density at radius 3 is 2.44 bits per heavy atom. The summed E-state index contributed by atoms with van der Waals surface area (Å²) in [6.07, 6.45) is 1.41. The number of hydrogen-bond donors (Lipinski definition) is 1. The Morgan fingerprint density at radius 1 is 0.906 bits per heavy atom. The lowest BCUT2D eigenvalue weighted by atomic mass is 10.1. The van der Waals surface area contributed by atoms with E-state index in [1.165, 1.54) is 18.0 Å². The van der Waals surface area contributed by atoms with E-state index < -0.39 is 0 Å². The number of amides is 1. The molecule has 1 N–H and O–H groups in total. The fourth-order valence-corrected chi connectivity index (χ4v) is 3.32. The van der Waals surface area contributed by atoms with Gasteiger partial charge in [-0.1, -0.05) is 6.07 Å². The number of hydrogen-bond acceptors (Lipinski definition) is 6. The normalized spacial score (nSPS) is 10.6. The first kappa shape index (κ1) is 20.9. The molecule has 0 unspecified atom stereocenters. The first-order valence-electron chi connectivity index (χ1n) is 9.73. The standard InChI is InChI=1S/C24H21N3O5/c1-30-17-6-4-5-16(12-17)26-23(28)15-7-9-19-20(11-15)25-14-27(24(19)29)21-13-18(31-2)8-10-22(21)32-3/h4-14H,1-3H3,(H,26,28). The highest BCUT2D eigenvalue weighted by Crippen LogP contribution is 2.27. The Kier molecular flexibility index (Phi) is 5.76. The van der Waals surface area contributed by atoms with Crippen molar-refractivity contribution in [1.82, 2.24) is 9.55 Å². The van der Waals surface area contributed by atoms with Crippen LogP contribution in [0.3, 0.4) is 0 Å². The highest BCUT2D eigenvalue weighted by Gasteiger charge is 2.14. The first-order valence-corrected chi connectivity index (χ1v) is 9.73. The van der Waals surface area contributed by atoms with E-state index in [4.69, 9.17) is 14.2 Å². The Hall–Kier alpha value is -4.33. The molecule has 0 aliphatic carbocycles. The summed E-state index contributed by atoms with van der Waals surface area (Å²) >= 11 is 0. The van der Waals surface area contributed by atoms with Gasteiger partial charge in [0.25, 0.3) is 11.5 Å². The van der Waals surface area contributed by atoms with E-state index in [0.29, 0.717) is 45.1 Å². The van der Waals surface area contributed by atoms with Crippen molar-refractivity contribution >= 4 is 22.5 Å². The topological polar surface area (TPSA) is 91.7 Å². The number of rotatable bonds is 6. The van der Waals surface area contributed by atoms with Crippen LogP contribution in [0.1, 0.15) is 10.4 Å². The van der Waals surface area contributed by atoms with Crippen molar-refractivity contribution in [3.63, 3.8) is 0 Å². The van der Waals surface area contributed by atoms with E-state index in [0.717, 1.165) is 0 Å². The quantitative estimate of drug-likeness (QED) is 0.501. The molecule has 0 saturated heterocycles. The molecule has 3 aromatic carbocycles. The van der Waals surface area contributed by atoms with E-state index in [1.54, 1.807) is 74.9 Å². The van der Waals surface area contributed by atoms with Crippen molar-refractivity contribution < 1.29 is 19.0 Å². The van der Waals surface area contributed by atoms with Gasteiger partial charge in [0.2, 0.25) is 0 Å². The highest BCUT2D eigenvalue weighted by atomic mass is 16.5. The molecule has 1 aromatic heterocycles. The number of methoxy groups -OCH3 is 3. The molecule has 4 rings (SSSR count). The van der Waals surface area contributed by atoms with Crippen molar-refractivity contribution in [2.45, 2.75) is 0 Å². The van der Waals surface area contributed by atoms with Gasteiger partial charge in [0.15, 0.2) is 0 Å². The molecule has 0 radical (unpaired) electrons. The lowest BCUT2D eigenvalue weighted by Crippen LogP contribution is -2.20. The van der Waals surface area contributed by atoms with E-state index in [-0.39, 0.29) is 11.5 Å². The predicted octanol–water partition coefficient (Wildman–Crippen LogP) is 3.66. The molecule has 4 aromatic rings. The van der Waals surface area contributed by atoms with Gasteiger partial charge in [-0.25, -0.2) is 4.98 Å². The molecule has 0 saturated carbocycles. The van der Waals surface area contributed by atoms with Crippen LogP contribution in [0.25, 0.3) is 16.6 Å². The van der Waals surface area contributed by atoms with Crippen molar-refractivity contribution in [2.24, 2.45) is 0 Å². The van der Waals surface area contributed by atoms with Gasteiger partial charge >= 0.3 is 0 Å². The molecule has 0 aliphatic heterocycles. The average molecular weight is 431 g/mol. The minimum atomic E-state index is -0.319. The molecular weight excluding hydrogens is 410 g/mol. The third kappa shape index (κ3) is 3.98. The monoisotopic (exact) mass is 431 g/mol. The van der Waals surface area contributed by atoms with Crippen molar-refractivity contribution in [1.29, 1.82) is 0 Å². The number of nitrogens with zero attached hydrogens (tertiary/aromatic N) is 2. The summed E-state index contributed by atoms with van der Waals surface area (Å²) in [5, 5.41) is 3.19. The van der Waals surface area contributed by atoms with E-state index in [2.05, 4.69) is 10.3 Å². The van der Waals surface area contributed by atoms with Crippen molar-refractivity contribution in [3.05, 3.63) is 82.9 Å². The third-order valence-corrected chi connectivity index (χ3v) is 4.99. The minimum absolute atomic E-state index is 0.290. The van der Waals surface area contributed by atoms with Gasteiger partial charge in [-0.05, 0) is 42.5 Å². The van der Waals surface area contributed by atoms with Gasteiger partial charge in [0.05, 0.1) is 37.9 Å². The maximum Gasteiger partial charge on any atom is 0.265 e. The maximum absolute atomic E-state index is 13.2. The predicted molar refractivity (Wildman–Crippen MR) is 121 cm³/mol. The number of carbonyl (C=O) groups is 1. The van der Waals surface area contributed by atoms with Crippen LogP contribution in [-0.4, -0.2) is 36.8 Å². The van der Waals surface area contributed by atoms with Crippen LogP contribution in [0.5, 0.6) is 17.2 Å². The van der Waals surface area contributed by atoms with E-state index >= 15 is 0 Å². The molecule has 8 heteroatoms. The van der Waals surface area contributed by atoms with Gasteiger partial charge in [0.1, 0.15) is 23.6 Å². The minimum Gasteiger partial charge on any atom is -0.497 e. The highest BCUT2D eigenvalue weighted by molar-refractivity contribution is 6.06. The van der Waals surface area contributed by atoms with Crippen molar-refractivity contribution in [2.75, 3.05) is 26.6 Å². The van der Waals surface area contributed by atoms with E-state index in [1.807, 2.05) is 0 Å². The van der Waals surface area contributed by atoms with Crippen LogP contribution >= 0.6 is 0 Å². The summed E-state index contributed by atoms with van der Waals surface area (Å²) in [7, 11) is 4.63. The average Bonchev–Trinajstić information content (AvgIpc) is 2.83. The fourth-order valence-electron chi connectivity index (χ4n) is 3.32. The Bertz CT molecular complexity index is 1360. The zero-order chi connectivity index (χ0) is 22.7. The largest absolute Gasteiger partial charge is 0.497 e. The molecule has 0 atom stereocenters. The molecule has 0 spiro atoms. The molecule has 162 valence electrons. The van der Waals surface area contributed by atoms with Gasteiger partial charge in [-0.3, -0.25) is 14.2 Å². The number of nitrogens with one attached hydrogen (secondary N) is 1. The maximum atomic E-state index is 13.2. The molecule has 0 fully saturated rings. The molecule has 8 nitrogen and oxygen atoms in total. The second-order valence-corrected chi connectivity index (χ2v) is 6.88. The van der Waals surface area contributed by atoms with Gasteiger partial charge in [-0.15, -0.1) is 0 Å². The van der Waals surface area contributed by atoms with Crippen LogP contribution in [0.15, 0.2) is 71.8 Å². The molecule has 32 heavy (non-hydrogen) atoms. The van der Waals surface area contributed by atoms with Crippen LogP contribution in [0, 0.1) is 0 Å². The Morgan fingerprint density at radius 2 is 1.69 bits per heavy atom. The lowest BCUT2D eigenvalue weighted by Gasteiger charge is -2.13. The third-order valence-electron chi connectivity index (χ3n) is 4.99. The Labute approximate surface area is 184 Å². The second-order valence-electron chi connectivity index (χ2n) is 6.88. The summed E-state index contributed by atoms with van der Waals surface area (Å²) in [5.41, 5.74) is 1.60. The fraction of sp³-hybridized carbons (Fsp3) is 0.125. The van der Waals surface area contributed by atoms with E-state index in [9.17, 15) is 9.59 Å². The number of anilines is 1. The number of benzene rings is 3. The molecule has 1 heterocycles. The summed E-state index contributed by atoms with van der Waals surface area (Å²) < 4.78 is 17.2. The smallest absolute Gasteiger partial charge is 0.265 e. The zero-order valence-electron chi connectivity index (χ0n) is 17.8. The summed E-state index contributed by atoms with van der Waals surface area (Å²) in [6, 6.07) is 17.0. The number of carbonyl (C=O) groups excluding carboxylic acids is 1. The first-order chi connectivity index (χ1) is 15.5. The SMILES string of the molecule is COc1cccc(NC(=O)c2ccc3c(=O)n(-c4cc(OC)ccc4OC)cnc3c2)c1. The number of fused-ring (bicyclic) bond motifs is 1. The molecular formula is C24H21N3O5. The van der Waals surface area contributed by atoms with Crippen LogP contribution in [-0.2, 0) is 0 Å². The molecule has 0 bridgehead atoms. The summed E-state index contributed by atoms with van der Waals surface area (Å²) in [6.45, 7) is 0. The lowest BCUT2D eigenvalue weighted by molar-refractivity contribution is 0.102. The summed E-state index contributed by atoms with van der Waals surface area (Å²) in [5.74, 6) is 1.40. The van der Waals surface area contributed by atoms with Crippen LogP contribution in [0.2, 0.25) is 0 Å². The summed E-state index contributed by atoms with van der Waals surface area (Å²) in [4.78, 5) is 30.2.